The fourth-order valence-corrected chi connectivity index (χ4v) is 1.09. The van der Waals surface area contributed by atoms with E-state index in [0.717, 1.165) is 5.69 Å². The van der Waals surface area contributed by atoms with Gasteiger partial charge in [-0.2, -0.15) is 0 Å². The lowest BCUT2D eigenvalue weighted by atomic mass is 10.2. The molecule has 0 aromatic carbocycles. The van der Waals surface area contributed by atoms with Crippen molar-refractivity contribution in [3.05, 3.63) is 21.5 Å². The van der Waals surface area contributed by atoms with Gasteiger partial charge in [0.25, 0.3) is 0 Å². The van der Waals surface area contributed by atoms with E-state index in [-0.39, 0.29) is 5.43 Å². The molecule has 12 heavy (non-hydrogen) atoms. The van der Waals surface area contributed by atoms with E-state index in [1.54, 1.807) is 14.0 Å². The van der Waals surface area contributed by atoms with E-state index in [2.05, 4.69) is 10.3 Å². The van der Waals surface area contributed by atoms with Gasteiger partial charge in [-0.15, -0.1) is 0 Å². The molecule has 0 unspecified atom stereocenters. The molecule has 4 N–H and O–H groups in total. The number of H-pyrrole nitrogens is 1. The second kappa shape index (κ2) is 2.89. The second-order valence-corrected chi connectivity index (χ2v) is 2.74. The van der Waals surface area contributed by atoms with Crippen molar-refractivity contribution in [2.24, 2.45) is 0 Å². The first-order valence-electron chi connectivity index (χ1n) is 3.74. The quantitative estimate of drug-likeness (QED) is 0.574. The Balaban J connectivity index is 3.52. The Morgan fingerprint density at radius 1 is 1.42 bits per heavy atom. The highest BCUT2D eigenvalue weighted by Crippen LogP contribution is 2.11. The average molecular weight is 167 g/mol. The van der Waals surface area contributed by atoms with Gasteiger partial charge in [0.1, 0.15) is 11.5 Å². The number of pyridine rings is 1. The fourth-order valence-electron chi connectivity index (χ4n) is 1.09. The number of hydrogen-bond acceptors (Lipinski definition) is 3. The number of aryl methyl sites for hydroxylation is 1. The minimum absolute atomic E-state index is 0.0359. The van der Waals surface area contributed by atoms with Crippen molar-refractivity contribution in [3.63, 3.8) is 0 Å². The standard InChI is InChI=1S/C8H13N3O/c1-4-5(2)11-8(9)6(10-3)7(4)12/h10H,1-3H3,(H3,9,11,12). The lowest BCUT2D eigenvalue weighted by Crippen LogP contribution is -2.16. The molecule has 1 heterocycles. The third-order valence-electron chi connectivity index (χ3n) is 1.97. The molecule has 66 valence electrons. The summed E-state index contributed by atoms with van der Waals surface area (Å²) in [4.78, 5) is 14.4. The summed E-state index contributed by atoms with van der Waals surface area (Å²) in [5, 5.41) is 2.76. The van der Waals surface area contributed by atoms with Crippen LogP contribution in [-0.4, -0.2) is 12.0 Å². The zero-order valence-corrected chi connectivity index (χ0v) is 7.49. The molecule has 0 spiro atoms. The minimum atomic E-state index is -0.0359. The van der Waals surface area contributed by atoms with Gasteiger partial charge in [0.05, 0.1) is 0 Å². The normalized spacial score (nSPS) is 9.92. The number of aromatic amines is 1. The van der Waals surface area contributed by atoms with Gasteiger partial charge < -0.3 is 16.0 Å². The van der Waals surface area contributed by atoms with Gasteiger partial charge in [0.15, 0.2) is 0 Å². The Hall–Kier alpha value is -1.45. The first kappa shape index (κ1) is 8.64. The number of hydrogen-bond donors (Lipinski definition) is 3. The van der Waals surface area contributed by atoms with Crippen molar-refractivity contribution in [1.82, 2.24) is 4.98 Å². The number of nitrogens with one attached hydrogen (secondary N) is 2. The third kappa shape index (κ3) is 1.15. The average Bonchev–Trinajstić information content (AvgIpc) is 2.01. The maximum absolute atomic E-state index is 11.5. The Morgan fingerprint density at radius 3 is 2.50 bits per heavy atom. The van der Waals surface area contributed by atoms with Gasteiger partial charge in [-0.3, -0.25) is 4.79 Å². The van der Waals surface area contributed by atoms with Gasteiger partial charge >= 0.3 is 0 Å². The summed E-state index contributed by atoms with van der Waals surface area (Å²) in [5.74, 6) is 0.394. The van der Waals surface area contributed by atoms with Crippen LogP contribution < -0.4 is 16.5 Å². The van der Waals surface area contributed by atoms with Crippen LogP contribution >= 0.6 is 0 Å². The molecular weight excluding hydrogens is 154 g/mol. The van der Waals surface area contributed by atoms with E-state index < -0.39 is 0 Å². The summed E-state index contributed by atoms with van der Waals surface area (Å²) in [6, 6.07) is 0. The molecule has 0 aliphatic heterocycles. The monoisotopic (exact) mass is 167 g/mol. The maximum atomic E-state index is 11.5. The molecular formula is C8H13N3O. The number of anilines is 2. The van der Waals surface area contributed by atoms with Gasteiger partial charge in [-0.1, -0.05) is 0 Å². The molecule has 4 nitrogen and oxygen atoms in total. The molecule has 0 amide bonds. The highest BCUT2D eigenvalue weighted by Gasteiger charge is 2.07. The molecule has 0 aliphatic carbocycles. The van der Waals surface area contributed by atoms with Crippen molar-refractivity contribution in [2.45, 2.75) is 13.8 Å². The number of nitrogen functional groups attached to an aromatic ring is 1. The topological polar surface area (TPSA) is 70.9 Å². The van der Waals surface area contributed by atoms with Crippen LogP contribution in [0.1, 0.15) is 11.3 Å². The van der Waals surface area contributed by atoms with Crippen molar-refractivity contribution >= 4 is 11.5 Å². The maximum Gasteiger partial charge on any atom is 0.209 e. The summed E-state index contributed by atoms with van der Waals surface area (Å²) in [5.41, 5.74) is 7.51. The summed E-state index contributed by atoms with van der Waals surface area (Å²) in [6.07, 6.45) is 0. The third-order valence-corrected chi connectivity index (χ3v) is 1.97. The molecule has 0 radical (unpaired) electrons. The van der Waals surface area contributed by atoms with E-state index in [1.807, 2.05) is 6.92 Å². The molecule has 1 rings (SSSR count). The van der Waals surface area contributed by atoms with E-state index in [1.165, 1.54) is 0 Å². The fraction of sp³-hybridized carbons (Fsp3) is 0.375. The minimum Gasteiger partial charge on any atom is -0.383 e. The molecule has 1 aromatic rings. The predicted molar refractivity (Wildman–Crippen MR) is 50.5 cm³/mol. The Kier molecular flexibility index (Phi) is 2.08. The van der Waals surface area contributed by atoms with Crippen LogP contribution in [-0.2, 0) is 0 Å². The number of aromatic nitrogens is 1. The zero-order valence-electron chi connectivity index (χ0n) is 7.49. The van der Waals surface area contributed by atoms with Gasteiger partial charge in [0.2, 0.25) is 5.43 Å². The number of rotatable bonds is 1. The summed E-state index contributed by atoms with van der Waals surface area (Å²) in [7, 11) is 1.68. The Bertz CT molecular complexity index is 354. The summed E-state index contributed by atoms with van der Waals surface area (Å²) < 4.78 is 0. The lowest BCUT2D eigenvalue weighted by molar-refractivity contribution is 1.13. The van der Waals surface area contributed by atoms with Crippen LogP contribution in [0.5, 0.6) is 0 Å². The van der Waals surface area contributed by atoms with E-state index in [9.17, 15) is 4.79 Å². The van der Waals surface area contributed by atoms with Crippen LogP contribution in [0.25, 0.3) is 0 Å². The summed E-state index contributed by atoms with van der Waals surface area (Å²) in [6.45, 7) is 3.60. The van der Waals surface area contributed by atoms with E-state index in [4.69, 9.17) is 5.73 Å². The molecule has 0 fully saturated rings. The van der Waals surface area contributed by atoms with Crippen LogP contribution in [0.4, 0.5) is 11.5 Å². The highest BCUT2D eigenvalue weighted by molar-refractivity contribution is 5.62. The van der Waals surface area contributed by atoms with Gasteiger partial charge in [-0.05, 0) is 13.8 Å². The molecule has 1 aromatic heterocycles. The van der Waals surface area contributed by atoms with Crippen molar-refractivity contribution < 1.29 is 0 Å². The van der Waals surface area contributed by atoms with Gasteiger partial charge in [0, 0.05) is 18.3 Å². The van der Waals surface area contributed by atoms with Crippen LogP contribution in [0.2, 0.25) is 0 Å². The van der Waals surface area contributed by atoms with Crippen molar-refractivity contribution in [1.29, 1.82) is 0 Å². The zero-order chi connectivity index (χ0) is 9.30. The van der Waals surface area contributed by atoms with Crippen LogP contribution in [0.15, 0.2) is 4.79 Å². The predicted octanol–water partition coefficient (Wildman–Crippen LogP) is 0.616. The largest absolute Gasteiger partial charge is 0.383 e. The first-order chi connectivity index (χ1) is 5.57. The smallest absolute Gasteiger partial charge is 0.209 e. The van der Waals surface area contributed by atoms with Crippen LogP contribution in [0, 0.1) is 13.8 Å². The summed E-state index contributed by atoms with van der Waals surface area (Å²) >= 11 is 0. The molecule has 0 saturated carbocycles. The van der Waals surface area contributed by atoms with Crippen LogP contribution in [0.3, 0.4) is 0 Å². The van der Waals surface area contributed by atoms with E-state index >= 15 is 0 Å². The Morgan fingerprint density at radius 2 is 2.00 bits per heavy atom. The first-order valence-corrected chi connectivity index (χ1v) is 3.74. The van der Waals surface area contributed by atoms with E-state index in [0.29, 0.717) is 17.1 Å². The van der Waals surface area contributed by atoms with Crippen molar-refractivity contribution in [3.8, 4) is 0 Å². The Labute approximate surface area is 70.8 Å². The van der Waals surface area contributed by atoms with Gasteiger partial charge in [-0.25, -0.2) is 0 Å². The molecule has 0 atom stereocenters. The second-order valence-electron chi connectivity index (χ2n) is 2.74. The molecule has 0 aliphatic rings. The molecule has 0 saturated heterocycles. The SMILES string of the molecule is CNc1c(N)[nH]c(C)c(C)c1=O. The molecule has 4 heteroatoms. The lowest BCUT2D eigenvalue weighted by Gasteiger charge is -2.07. The highest BCUT2D eigenvalue weighted by atomic mass is 16.1. The number of nitrogens with two attached hydrogens (primary N) is 1. The molecule has 0 bridgehead atoms. The van der Waals surface area contributed by atoms with Crippen molar-refractivity contribution in [2.75, 3.05) is 18.1 Å².